The summed E-state index contributed by atoms with van der Waals surface area (Å²) in [6.45, 7) is 6.25. The lowest BCUT2D eigenvalue weighted by Gasteiger charge is -2.31. The van der Waals surface area contributed by atoms with Gasteiger partial charge < -0.3 is 5.32 Å². The van der Waals surface area contributed by atoms with E-state index in [1.807, 2.05) is 0 Å². The number of nitrogens with zero attached hydrogens (tertiary/aromatic N) is 1. The van der Waals surface area contributed by atoms with Crippen LogP contribution in [0.15, 0.2) is 0 Å². The van der Waals surface area contributed by atoms with E-state index in [0.717, 1.165) is 12.1 Å². The van der Waals surface area contributed by atoms with Gasteiger partial charge in [0.1, 0.15) is 0 Å². The van der Waals surface area contributed by atoms with Crippen LogP contribution in [0.4, 0.5) is 0 Å². The second-order valence-electron chi connectivity index (χ2n) is 5.20. The van der Waals surface area contributed by atoms with Crippen molar-refractivity contribution < 1.29 is 0 Å². The molecule has 0 radical (unpaired) electrons. The Morgan fingerprint density at radius 3 is 2.80 bits per heavy atom. The molecule has 15 heavy (non-hydrogen) atoms. The summed E-state index contributed by atoms with van der Waals surface area (Å²) in [5, 5.41) is 3.63. The molecule has 2 nitrogen and oxygen atoms in total. The number of hydrogen-bond donors (Lipinski definition) is 1. The topological polar surface area (TPSA) is 15.3 Å². The van der Waals surface area contributed by atoms with Crippen LogP contribution < -0.4 is 5.32 Å². The van der Waals surface area contributed by atoms with Crippen LogP contribution in [-0.4, -0.2) is 36.6 Å². The summed E-state index contributed by atoms with van der Waals surface area (Å²) < 4.78 is 0. The number of hydrogen-bond acceptors (Lipinski definition) is 2. The zero-order valence-corrected chi connectivity index (χ0v) is 10.2. The predicted molar refractivity (Wildman–Crippen MR) is 65.1 cm³/mol. The number of nitrogens with one attached hydrogen (secondary N) is 1. The van der Waals surface area contributed by atoms with Gasteiger partial charge in [0.05, 0.1) is 0 Å². The van der Waals surface area contributed by atoms with Crippen molar-refractivity contribution in [1.82, 2.24) is 10.2 Å². The normalized spacial score (nSPS) is 34.2. The molecule has 2 saturated heterocycles. The first-order valence-corrected chi connectivity index (χ1v) is 6.87. The van der Waals surface area contributed by atoms with E-state index in [0.29, 0.717) is 0 Å². The molecule has 2 atom stereocenters. The van der Waals surface area contributed by atoms with Gasteiger partial charge in [0, 0.05) is 18.6 Å². The smallest absolute Gasteiger partial charge is 0.0195 e. The van der Waals surface area contributed by atoms with E-state index in [-0.39, 0.29) is 0 Å². The van der Waals surface area contributed by atoms with Crippen molar-refractivity contribution >= 4 is 0 Å². The highest BCUT2D eigenvalue weighted by Gasteiger charge is 2.23. The van der Waals surface area contributed by atoms with E-state index in [1.54, 1.807) is 0 Å². The molecule has 0 aliphatic carbocycles. The van der Waals surface area contributed by atoms with Gasteiger partial charge in [-0.15, -0.1) is 0 Å². The Morgan fingerprint density at radius 2 is 2.07 bits per heavy atom. The summed E-state index contributed by atoms with van der Waals surface area (Å²) in [7, 11) is 0. The SMILES string of the molecule is CCC1CCCCCN1CC1CCCN1. The van der Waals surface area contributed by atoms with E-state index in [1.165, 1.54) is 64.6 Å². The van der Waals surface area contributed by atoms with Gasteiger partial charge in [0.15, 0.2) is 0 Å². The first-order chi connectivity index (χ1) is 7.40. The van der Waals surface area contributed by atoms with Gasteiger partial charge in [-0.3, -0.25) is 4.90 Å². The molecule has 88 valence electrons. The molecule has 2 heterocycles. The molecule has 2 aliphatic rings. The largest absolute Gasteiger partial charge is 0.313 e. The van der Waals surface area contributed by atoms with E-state index in [4.69, 9.17) is 0 Å². The first kappa shape index (κ1) is 11.4. The molecule has 0 spiro atoms. The molecule has 2 aliphatic heterocycles. The van der Waals surface area contributed by atoms with Crippen LogP contribution in [0, 0.1) is 0 Å². The molecular weight excluding hydrogens is 184 g/mol. The average Bonchev–Trinajstić information content (AvgIpc) is 2.64. The Hall–Kier alpha value is -0.0800. The van der Waals surface area contributed by atoms with Gasteiger partial charge in [-0.1, -0.05) is 19.8 Å². The average molecular weight is 210 g/mol. The number of likely N-dealkylation sites (tertiary alicyclic amines) is 1. The van der Waals surface area contributed by atoms with Crippen molar-refractivity contribution in [3.05, 3.63) is 0 Å². The minimum atomic E-state index is 0.789. The van der Waals surface area contributed by atoms with Gasteiger partial charge >= 0.3 is 0 Å². The second-order valence-corrected chi connectivity index (χ2v) is 5.20. The highest BCUT2D eigenvalue weighted by Crippen LogP contribution is 2.20. The van der Waals surface area contributed by atoms with Crippen LogP contribution in [0.5, 0.6) is 0 Å². The maximum Gasteiger partial charge on any atom is 0.0195 e. The maximum atomic E-state index is 3.63. The fraction of sp³-hybridized carbons (Fsp3) is 1.00. The molecule has 2 rings (SSSR count). The van der Waals surface area contributed by atoms with Crippen molar-refractivity contribution in [3.8, 4) is 0 Å². The Balaban J connectivity index is 1.85. The minimum Gasteiger partial charge on any atom is -0.313 e. The highest BCUT2D eigenvalue weighted by atomic mass is 15.2. The number of rotatable bonds is 3. The third-order valence-corrected chi connectivity index (χ3v) is 4.09. The van der Waals surface area contributed by atoms with E-state index in [2.05, 4.69) is 17.1 Å². The van der Waals surface area contributed by atoms with Gasteiger partial charge in [-0.25, -0.2) is 0 Å². The summed E-state index contributed by atoms with van der Waals surface area (Å²) in [5.74, 6) is 0. The Bertz CT molecular complexity index is 175. The van der Waals surface area contributed by atoms with Crippen LogP contribution >= 0.6 is 0 Å². The molecule has 0 aromatic carbocycles. The van der Waals surface area contributed by atoms with Crippen LogP contribution in [-0.2, 0) is 0 Å². The molecule has 2 unspecified atom stereocenters. The van der Waals surface area contributed by atoms with Crippen LogP contribution in [0.25, 0.3) is 0 Å². The highest BCUT2D eigenvalue weighted by molar-refractivity contribution is 4.82. The standard InChI is InChI=1S/C13H26N2/c1-2-13-8-4-3-5-10-15(13)11-12-7-6-9-14-12/h12-14H,2-11H2,1H3. The van der Waals surface area contributed by atoms with E-state index < -0.39 is 0 Å². The summed E-state index contributed by atoms with van der Waals surface area (Å²) in [4.78, 5) is 2.76. The second kappa shape index (κ2) is 5.86. The molecule has 0 saturated carbocycles. The van der Waals surface area contributed by atoms with E-state index >= 15 is 0 Å². The summed E-state index contributed by atoms with van der Waals surface area (Å²) in [5.41, 5.74) is 0. The maximum absolute atomic E-state index is 3.63. The molecular formula is C13H26N2. The zero-order chi connectivity index (χ0) is 10.5. The summed E-state index contributed by atoms with van der Waals surface area (Å²) >= 11 is 0. The molecule has 2 heteroatoms. The fourth-order valence-corrected chi connectivity index (χ4v) is 3.14. The molecule has 0 aromatic rings. The van der Waals surface area contributed by atoms with Gasteiger partial charge in [0.25, 0.3) is 0 Å². The van der Waals surface area contributed by atoms with Crippen LogP contribution in [0.3, 0.4) is 0 Å². The molecule has 2 fully saturated rings. The molecule has 0 amide bonds. The van der Waals surface area contributed by atoms with Gasteiger partial charge in [-0.2, -0.15) is 0 Å². The Morgan fingerprint density at radius 1 is 1.13 bits per heavy atom. The van der Waals surface area contributed by atoms with Crippen molar-refractivity contribution in [1.29, 1.82) is 0 Å². The van der Waals surface area contributed by atoms with Crippen molar-refractivity contribution in [2.45, 2.75) is 64.0 Å². The fourth-order valence-electron chi connectivity index (χ4n) is 3.14. The van der Waals surface area contributed by atoms with Gasteiger partial charge in [0.2, 0.25) is 0 Å². The van der Waals surface area contributed by atoms with Crippen LogP contribution in [0.2, 0.25) is 0 Å². The summed E-state index contributed by atoms with van der Waals surface area (Å²) in [6.07, 6.45) is 9.87. The molecule has 0 aromatic heterocycles. The first-order valence-electron chi connectivity index (χ1n) is 6.87. The lowest BCUT2D eigenvalue weighted by atomic mass is 10.1. The van der Waals surface area contributed by atoms with Crippen molar-refractivity contribution in [2.75, 3.05) is 19.6 Å². The lowest BCUT2D eigenvalue weighted by Crippen LogP contribution is -2.42. The predicted octanol–water partition coefficient (Wildman–Crippen LogP) is 2.39. The zero-order valence-electron chi connectivity index (χ0n) is 10.2. The third-order valence-electron chi connectivity index (χ3n) is 4.09. The molecule has 0 bridgehead atoms. The quantitative estimate of drug-likeness (QED) is 0.769. The lowest BCUT2D eigenvalue weighted by molar-refractivity contribution is 0.178. The third kappa shape index (κ3) is 3.18. The Labute approximate surface area is 94.4 Å². The van der Waals surface area contributed by atoms with E-state index in [9.17, 15) is 0 Å². The van der Waals surface area contributed by atoms with Crippen molar-refractivity contribution in [2.24, 2.45) is 0 Å². The summed E-state index contributed by atoms with van der Waals surface area (Å²) in [6, 6.07) is 1.66. The van der Waals surface area contributed by atoms with Crippen LogP contribution in [0.1, 0.15) is 51.9 Å². The molecule has 1 N–H and O–H groups in total. The minimum absolute atomic E-state index is 0.789. The Kier molecular flexibility index (Phi) is 4.45. The van der Waals surface area contributed by atoms with Crippen molar-refractivity contribution in [3.63, 3.8) is 0 Å². The monoisotopic (exact) mass is 210 g/mol. The van der Waals surface area contributed by atoms with Gasteiger partial charge in [-0.05, 0) is 45.2 Å².